The molecular weight excluding hydrogens is 257 g/mol. The van der Waals surface area contributed by atoms with E-state index >= 15 is 0 Å². The van der Waals surface area contributed by atoms with Crippen LogP contribution in [0.3, 0.4) is 0 Å². The Morgan fingerprint density at radius 2 is 2.00 bits per heavy atom. The van der Waals surface area contributed by atoms with E-state index in [0.29, 0.717) is 6.54 Å². The lowest BCUT2D eigenvalue weighted by atomic mass is 10.2. The standard InChI is InChI=1S/C12H16FNO3S/c1-3-14-12(15)9(2)18(16,17)8-10-6-4-5-7-11(10)13/h4-7,9H,3,8H2,1-2H3,(H,14,15)/t9-/m0/s1. The first-order chi connectivity index (χ1) is 8.38. The number of hydrogen-bond acceptors (Lipinski definition) is 3. The van der Waals surface area contributed by atoms with Crippen molar-refractivity contribution in [2.24, 2.45) is 0 Å². The van der Waals surface area contributed by atoms with Crippen molar-refractivity contribution in [1.82, 2.24) is 5.32 Å². The maximum absolute atomic E-state index is 13.4. The Morgan fingerprint density at radius 3 is 2.56 bits per heavy atom. The SMILES string of the molecule is CCNC(=O)[C@H](C)S(=O)(=O)Cc1ccccc1F. The highest BCUT2D eigenvalue weighted by atomic mass is 32.2. The molecule has 1 aromatic carbocycles. The molecule has 0 unspecified atom stereocenters. The highest BCUT2D eigenvalue weighted by molar-refractivity contribution is 7.92. The third-order valence-corrected chi connectivity index (χ3v) is 4.58. The number of benzene rings is 1. The molecule has 1 amide bonds. The molecule has 4 nitrogen and oxygen atoms in total. The molecule has 100 valence electrons. The van der Waals surface area contributed by atoms with Crippen LogP contribution in [-0.2, 0) is 20.4 Å². The molecule has 1 atom stereocenters. The Labute approximate surface area is 106 Å². The molecule has 0 saturated heterocycles. The van der Waals surface area contributed by atoms with Gasteiger partial charge < -0.3 is 5.32 Å². The van der Waals surface area contributed by atoms with Gasteiger partial charge in [-0.15, -0.1) is 0 Å². The number of amides is 1. The van der Waals surface area contributed by atoms with Crippen LogP contribution in [0.15, 0.2) is 24.3 Å². The van der Waals surface area contributed by atoms with Crippen molar-refractivity contribution < 1.29 is 17.6 Å². The molecule has 0 aromatic heterocycles. The van der Waals surface area contributed by atoms with E-state index in [0.717, 1.165) is 0 Å². The smallest absolute Gasteiger partial charge is 0.238 e. The summed E-state index contributed by atoms with van der Waals surface area (Å²) in [5, 5.41) is 1.26. The molecule has 0 heterocycles. The summed E-state index contributed by atoms with van der Waals surface area (Å²) in [6.45, 7) is 3.37. The Balaban J connectivity index is 2.89. The fourth-order valence-electron chi connectivity index (χ4n) is 1.44. The summed E-state index contributed by atoms with van der Waals surface area (Å²) in [6, 6.07) is 5.64. The van der Waals surface area contributed by atoms with E-state index in [1.54, 1.807) is 13.0 Å². The van der Waals surface area contributed by atoms with Crippen LogP contribution in [0.5, 0.6) is 0 Å². The molecule has 6 heteroatoms. The van der Waals surface area contributed by atoms with Gasteiger partial charge in [0.2, 0.25) is 5.91 Å². The average molecular weight is 273 g/mol. The van der Waals surface area contributed by atoms with E-state index in [1.807, 2.05) is 0 Å². The Morgan fingerprint density at radius 1 is 1.39 bits per heavy atom. The molecule has 0 fully saturated rings. The maximum atomic E-state index is 13.4. The van der Waals surface area contributed by atoms with Crippen LogP contribution in [0.25, 0.3) is 0 Å². The lowest BCUT2D eigenvalue weighted by Crippen LogP contribution is -2.38. The first kappa shape index (κ1) is 14.6. The topological polar surface area (TPSA) is 63.2 Å². The highest BCUT2D eigenvalue weighted by Gasteiger charge is 2.28. The van der Waals surface area contributed by atoms with Crippen molar-refractivity contribution in [1.29, 1.82) is 0 Å². The van der Waals surface area contributed by atoms with E-state index in [1.165, 1.54) is 25.1 Å². The average Bonchev–Trinajstić information content (AvgIpc) is 2.31. The lowest BCUT2D eigenvalue weighted by molar-refractivity contribution is -0.120. The van der Waals surface area contributed by atoms with Gasteiger partial charge in [-0.05, 0) is 19.9 Å². The molecule has 0 radical (unpaired) electrons. The van der Waals surface area contributed by atoms with E-state index in [9.17, 15) is 17.6 Å². The van der Waals surface area contributed by atoms with E-state index in [4.69, 9.17) is 0 Å². The highest BCUT2D eigenvalue weighted by Crippen LogP contribution is 2.14. The number of carbonyl (C=O) groups is 1. The minimum absolute atomic E-state index is 0.0775. The third kappa shape index (κ3) is 3.53. The van der Waals surface area contributed by atoms with Gasteiger partial charge in [0, 0.05) is 12.1 Å². The quantitative estimate of drug-likeness (QED) is 0.878. The minimum atomic E-state index is -3.71. The van der Waals surface area contributed by atoms with Crippen LogP contribution in [0.2, 0.25) is 0 Å². The zero-order chi connectivity index (χ0) is 13.8. The molecule has 1 N–H and O–H groups in total. The predicted molar refractivity (Wildman–Crippen MR) is 67.2 cm³/mol. The number of hydrogen-bond donors (Lipinski definition) is 1. The Bertz CT molecular complexity index is 528. The van der Waals surface area contributed by atoms with Crippen molar-refractivity contribution >= 4 is 15.7 Å². The zero-order valence-electron chi connectivity index (χ0n) is 10.3. The summed E-state index contributed by atoms with van der Waals surface area (Å²) in [6.07, 6.45) is 0. The first-order valence-electron chi connectivity index (χ1n) is 5.61. The molecule has 0 spiro atoms. The van der Waals surface area contributed by atoms with E-state index < -0.39 is 32.6 Å². The molecule has 0 aliphatic heterocycles. The van der Waals surface area contributed by atoms with Gasteiger partial charge in [-0.2, -0.15) is 0 Å². The summed E-state index contributed by atoms with van der Waals surface area (Å²) in [7, 11) is -3.71. The van der Waals surface area contributed by atoms with Crippen LogP contribution >= 0.6 is 0 Å². The van der Waals surface area contributed by atoms with Gasteiger partial charge in [-0.1, -0.05) is 18.2 Å². The fourth-order valence-corrected chi connectivity index (χ4v) is 2.77. The predicted octanol–water partition coefficient (Wildman–Crippen LogP) is 1.27. The molecule has 0 aliphatic rings. The molecule has 0 aliphatic carbocycles. The number of carbonyl (C=O) groups excluding carboxylic acids is 1. The van der Waals surface area contributed by atoms with Gasteiger partial charge in [0.05, 0.1) is 5.75 Å². The minimum Gasteiger partial charge on any atom is -0.355 e. The normalized spacial score (nSPS) is 13.1. The van der Waals surface area contributed by atoms with Crippen molar-refractivity contribution in [3.05, 3.63) is 35.6 Å². The van der Waals surface area contributed by atoms with Crippen molar-refractivity contribution in [2.45, 2.75) is 24.9 Å². The zero-order valence-corrected chi connectivity index (χ0v) is 11.1. The second kappa shape index (κ2) is 5.95. The second-order valence-electron chi connectivity index (χ2n) is 3.94. The number of sulfone groups is 1. The van der Waals surface area contributed by atoms with Gasteiger partial charge in [0.1, 0.15) is 11.1 Å². The Kier molecular flexibility index (Phi) is 4.84. The largest absolute Gasteiger partial charge is 0.355 e. The van der Waals surface area contributed by atoms with Crippen LogP contribution in [-0.4, -0.2) is 26.1 Å². The van der Waals surface area contributed by atoms with Gasteiger partial charge >= 0.3 is 0 Å². The van der Waals surface area contributed by atoms with Gasteiger partial charge in [-0.25, -0.2) is 12.8 Å². The number of rotatable bonds is 5. The summed E-state index contributed by atoms with van der Waals surface area (Å²) >= 11 is 0. The lowest BCUT2D eigenvalue weighted by Gasteiger charge is -2.12. The van der Waals surface area contributed by atoms with Gasteiger partial charge in [0.15, 0.2) is 9.84 Å². The molecule has 1 rings (SSSR count). The van der Waals surface area contributed by atoms with Gasteiger partial charge in [-0.3, -0.25) is 4.79 Å². The summed E-state index contributed by atoms with van der Waals surface area (Å²) in [4.78, 5) is 11.5. The third-order valence-electron chi connectivity index (χ3n) is 2.57. The Hall–Kier alpha value is -1.43. The van der Waals surface area contributed by atoms with Crippen LogP contribution in [0.4, 0.5) is 4.39 Å². The van der Waals surface area contributed by atoms with Crippen molar-refractivity contribution in [2.75, 3.05) is 6.54 Å². The van der Waals surface area contributed by atoms with Crippen molar-refractivity contribution in [3.8, 4) is 0 Å². The van der Waals surface area contributed by atoms with E-state index in [-0.39, 0.29) is 5.56 Å². The van der Waals surface area contributed by atoms with Gasteiger partial charge in [0.25, 0.3) is 0 Å². The number of nitrogens with one attached hydrogen (secondary N) is 1. The maximum Gasteiger partial charge on any atom is 0.238 e. The van der Waals surface area contributed by atoms with Crippen LogP contribution in [0, 0.1) is 5.82 Å². The molecular formula is C12H16FNO3S. The first-order valence-corrected chi connectivity index (χ1v) is 7.32. The van der Waals surface area contributed by atoms with Crippen LogP contribution < -0.4 is 5.32 Å². The molecule has 18 heavy (non-hydrogen) atoms. The van der Waals surface area contributed by atoms with E-state index in [2.05, 4.69) is 5.32 Å². The molecule has 0 saturated carbocycles. The monoisotopic (exact) mass is 273 g/mol. The molecule has 0 bridgehead atoms. The summed E-state index contributed by atoms with van der Waals surface area (Å²) in [5.74, 6) is -1.61. The van der Waals surface area contributed by atoms with Crippen molar-refractivity contribution in [3.63, 3.8) is 0 Å². The molecule has 1 aromatic rings. The fraction of sp³-hybridized carbons (Fsp3) is 0.417. The second-order valence-corrected chi connectivity index (χ2v) is 6.26. The summed E-state index contributed by atoms with van der Waals surface area (Å²) in [5.41, 5.74) is 0.0775. The number of halogens is 1. The van der Waals surface area contributed by atoms with Crippen LogP contribution in [0.1, 0.15) is 19.4 Å². The summed E-state index contributed by atoms with van der Waals surface area (Å²) < 4.78 is 37.2.